The molecule has 4 heterocycles. The number of para-hydroxylation sites is 1. The Morgan fingerprint density at radius 1 is 0.484 bits per heavy atom. The number of hydrogen-bond donors (Lipinski definition) is 0. The van der Waals surface area contributed by atoms with Crippen molar-refractivity contribution < 1.29 is 0 Å². The zero-order valence-electron chi connectivity index (χ0n) is 38.3. The zero-order chi connectivity index (χ0) is 43.2. The molecule has 0 aliphatic carbocycles. The molecule has 0 N–H and O–H groups in total. The van der Waals surface area contributed by atoms with Gasteiger partial charge < -0.3 is 9.38 Å². The van der Waals surface area contributed by atoms with Crippen molar-refractivity contribution in [2.75, 3.05) is 4.90 Å². The second-order valence-corrected chi connectivity index (χ2v) is 23.7. The van der Waals surface area contributed by atoms with Crippen LogP contribution in [-0.4, -0.2) is 11.3 Å². The van der Waals surface area contributed by atoms with E-state index in [1.807, 2.05) is 11.3 Å². The molecule has 0 saturated heterocycles. The first-order valence-corrected chi connectivity index (χ1v) is 23.5. The highest BCUT2D eigenvalue weighted by Gasteiger charge is 2.47. The predicted octanol–water partition coefficient (Wildman–Crippen LogP) is 15.5. The van der Waals surface area contributed by atoms with Gasteiger partial charge in [0.05, 0.1) is 16.4 Å². The normalized spacial score (nSPS) is 14.4. The Bertz CT molecular complexity index is 3550. The van der Waals surface area contributed by atoms with Gasteiger partial charge in [0.2, 0.25) is 0 Å². The van der Waals surface area contributed by atoms with Crippen LogP contribution in [-0.2, 0) is 21.7 Å². The van der Waals surface area contributed by atoms with Gasteiger partial charge in [0.1, 0.15) is 0 Å². The summed E-state index contributed by atoms with van der Waals surface area (Å²) >= 11 is 1.96. The minimum absolute atomic E-state index is 0.0181. The van der Waals surface area contributed by atoms with Crippen LogP contribution in [0.15, 0.2) is 115 Å². The third-order valence-electron chi connectivity index (χ3n) is 14.5. The van der Waals surface area contributed by atoms with Crippen molar-refractivity contribution in [1.82, 2.24) is 4.48 Å². The molecule has 0 saturated carbocycles. The van der Waals surface area contributed by atoms with Crippen molar-refractivity contribution in [3.05, 3.63) is 138 Å². The van der Waals surface area contributed by atoms with Crippen LogP contribution in [0.2, 0.25) is 0 Å². The number of rotatable bonds is 1. The average molecular weight is 823 g/mol. The number of fused-ring (bicyclic) bond motifs is 11. The van der Waals surface area contributed by atoms with Crippen LogP contribution in [0.1, 0.15) is 105 Å². The van der Waals surface area contributed by atoms with Crippen molar-refractivity contribution in [2.45, 2.75) is 105 Å². The lowest BCUT2D eigenvalue weighted by Gasteiger charge is -2.42. The van der Waals surface area contributed by atoms with Crippen molar-refractivity contribution >= 4 is 110 Å². The van der Waals surface area contributed by atoms with Gasteiger partial charge in [0.25, 0.3) is 0 Å². The van der Waals surface area contributed by atoms with Crippen molar-refractivity contribution in [3.63, 3.8) is 0 Å². The van der Waals surface area contributed by atoms with Crippen LogP contribution in [0.3, 0.4) is 0 Å². The topological polar surface area (TPSA) is 8.17 Å². The van der Waals surface area contributed by atoms with E-state index in [0.29, 0.717) is 0 Å². The molecule has 10 aromatic rings. The third-order valence-corrected chi connectivity index (χ3v) is 15.6. The summed E-state index contributed by atoms with van der Waals surface area (Å²) in [6.07, 6.45) is 0. The fraction of sp³-hybridized carbons (Fsp3) is 0.276. The molecule has 0 fully saturated rings. The second kappa shape index (κ2) is 12.1. The molecule has 8 aromatic carbocycles. The van der Waals surface area contributed by atoms with Gasteiger partial charge in [-0.2, -0.15) is 0 Å². The van der Waals surface area contributed by atoms with E-state index in [2.05, 4.69) is 208 Å². The summed E-state index contributed by atoms with van der Waals surface area (Å²) in [5.41, 5.74) is 16.2. The van der Waals surface area contributed by atoms with Crippen LogP contribution < -0.4 is 15.8 Å². The molecule has 2 aliphatic rings. The molecule has 0 bridgehead atoms. The number of anilines is 3. The smallest absolute Gasteiger partial charge is 0.334 e. The van der Waals surface area contributed by atoms with Crippen LogP contribution in [0.4, 0.5) is 16.4 Å². The molecule has 0 amide bonds. The Hall–Kier alpha value is -5.58. The molecular weight excluding hydrogens is 768 g/mol. The molecule has 2 nitrogen and oxygen atoms in total. The van der Waals surface area contributed by atoms with Gasteiger partial charge in [-0.05, 0) is 124 Å². The minimum Gasteiger partial charge on any atom is -0.375 e. The quantitative estimate of drug-likeness (QED) is 0.118. The Kier molecular flexibility index (Phi) is 7.45. The van der Waals surface area contributed by atoms with Gasteiger partial charge in [-0.1, -0.05) is 162 Å². The van der Waals surface area contributed by atoms with Crippen LogP contribution >= 0.6 is 11.3 Å². The molecule has 2 aromatic heterocycles. The zero-order valence-corrected chi connectivity index (χ0v) is 39.2. The third kappa shape index (κ3) is 5.05. The lowest BCUT2D eigenvalue weighted by atomic mass is 9.44. The summed E-state index contributed by atoms with van der Waals surface area (Å²) in [6.45, 7) is 28.3. The second-order valence-electron chi connectivity index (χ2n) is 22.6. The number of hydrogen-bond acceptors (Lipinski definition) is 2. The number of thiophene rings is 1. The molecular formula is C58H55BN2S. The van der Waals surface area contributed by atoms with E-state index >= 15 is 0 Å². The fourth-order valence-corrected chi connectivity index (χ4v) is 12.5. The molecule has 4 heteroatoms. The maximum absolute atomic E-state index is 2.78. The average Bonchev–Trinajstić information content (AvgIpc) is 3.76. The van der Waals surface area contributed by atoms with Gasteiger partial charge >= 0.3 is 6.85 Å². The van der Waals surface area contributed by atoms with E-state index in [1.54, 1.807) is 0 Å². The Morgan fingerprint density at radius 3 is 1.81 bits per heavy atom. The summed E-state index contributed by atoms with van der Waals surface area (Å²) in [5, 5.41) is 13.5. The lowest BCUT2D eigenvalue weighted by Crippen LogP contribution is -2.56. The predicted molar refractivity (Wildman–Crippen MR) is 274 cm³/mol. The van der Waals surface area contributed by atoms with Gasteiger partial charge in [-0.3, -0.25) is 0 Å². The van der Waals surface area contributed by atoms with E-state index < -0.39 is 0 Å². The largest absolute Gasteiger partial charge is 0.375 e. The van der Waals surface area contributed by atoms with E-state index in [9.17, 15) is 0 Å². The first-order chi connectivity index (χ1) is 29.3. The molecule has 0 unspecified atom stereocenters. The molecule has 62 heavy (non-hydrogen) atoms. The van der Waals surface area contributed by atoms with Crippen LogP contribution in [0.5, 0.6) is 0 Å². The first kappa shape index (κ1) is 38.1. The number of aromatic nitrogens is 1. The number of benzene rings is 8. The standard InChI is InChI=1S/C58H55BN2S/c1-55(2,3)34-23-26-44-40(29-34)41-30-36(57(7,8)9)31-42-49-38-24-21-32-27-35(56(4,5)6)28-33-22-25-39(48(38)47(32)33)53-51(49)59(61(44)52(41)42)50-37-17-13-16-20-46(37)62-54(50)60(53)45-19-15-14-18-43(45)58(10,11)12/h13-31H,1-12H3. The molecule has 0 atom stereocenters. The summed E-state index contributed by atoms with van der Waals surface area (Å²) in [4.78, 5) is 2.72. The summed E-state index contributed by atoms with van der Waals surface area (Å²) in [5.74, 6) is 0. The van der Waals surface area contributed by atoms with Crippen LogP contribution in [0, 0.1) is 0 Å². The number of nitrogens with zero attached hydrogens (tertiary/aromatic N) is 2. The monoisotopic (exact) mass is 822 g/mol. The van der Waals surface area contributed by atoms with Crippen molar-refractivity contribution in [2.24, 2.45) is 0 Å². The van der Waals surface area contributed by atoms with E-state index in [1.165, 1.54) is 125 Å². The highest BCUT2D eigenvalue weighted by Crippen LogP contribution is 2.55. The van der Waals surface area contributed by atoms with Crippen molar-refractivity contribution in [1.29, 1.82) is 0 Å². The Labute approximate surface area is 370 Å². The fourth-order valence-electron chi connectivity index (χ4n) is 11.3. The van der Waals surface area contributed by atoms with Gasteiger partial charge in [0, 0.05) is 42.8 Å². The molecule has 0 radical (unpaired) electrons. The van der Waals surface area contributed by atoms with E-state index in [-0.39, 0.29) is 28.5 Å². The molecule has 12 rings (SSSR count). The summed E-state index contributed by atoms with van der Waals surface area (Å²) in [7, 11) is 0. The lowest BCUT2D eigenvalue weighted by molar-refractivity contribution is 0.590. The maximum Gasteiger partial charge on any atom is 0.334 e. The first-order valence-electron chi connectivity index (χ1n) is 22.6. The van der Waals surface area contributed by atoms with Gasteiger partial charge in [-0.15, -0.1) is 11.3 Å². The highest BCUT2D eigenvalue weighted by molar-refractivity contribution is 7.26. The van der Waals surface area contributed by atoms with Gasteiger partial charge in [-0.25, -0.2) is 0 Å². The Morgan fingerprint density at radius 2 is 1.11 bits per heavy atom. The highest BCUT2D eigenvalue weighted by atomic mass is 32.1. The van der Waals surface area contributed by atoms with E-state index in [0.717, 1.165) is 0 Å². The SMILES string of the molecule is CC(C)(C)c1cc2ccc3c4c5c(c6ccc(c1)c2c36)N(c1ccccc1C(C)(C)C)c1sc2ccccc2c1B5n1c2ccc(C(C)(C)C)cc2c2cc(C(C)(C)C)cc-4c21. The summed E-state index contributed by atoms with van der Waals surface area (Å²) in [6, 6.07) is 45.7. The van der Waals surface area contributed by atoms with E-state index in [4.69, 9.17) is 0 Å². The molecule has 2 aliphatic heterocycles. The molecule has 306 valence electrons. The van der Waals surface area contributed by atoms with Crippen molar-refractivity contribution in [3.8, 4) is 11.1 Å². The van der Waals surface area contributed by atoms with Crippen LogP contribution in [0.25, 0.3) is 75.3 Å². The maximum atomic E-state index is 2.78. The van der Waals surface area contributed by atoms with Gasteiger partial charge in [0.15, 0.2) is 0 Å². The molecule has 0 spiro atoms. The summed E-state index contributed by atoms with van der Waals surface area (Å²) < 4.78 is 4.11. The Balaban J connectivity index is 1.37. The minimum atomic E-state index is -0.0841.